The number of aromatic nitrogens is 2. The number of hydrogen-bond acceptors (Lipinski definition) is 2. The second-order valence-electron chi connectivity index (χ2n) is 9.78. The largest absolute Gasteiger partial charge is 0.288 e. The molecule has 0 unspecified atom stereocenters. The van der Waals surface area contributed by atoms with E-state index < -0.39 is 0 Å². The van der Waals surface area contributed by atoms with Gasteiger partial charge >= 0.3 is 0 Å². The van der Waals surface area contributed by atoms with Crippen LogP contribution in [0.25, 0.3) is 11.1 Å². The van der Waals surface area contributed by atoms with Gasteiger partial charge in [0.1, 0.15) is 0 Å². The molecule has 0 fully saturated rings. The van der Waals surface area contributed by atoms with E-state index in [9.17, 15) is 0 Å². The summed E-state index contributed by atoms with van der Waals surface area (Å²) in [5.41, 5.74) is 9.16. The predicted octanol–water partition coefficient (Wildman–Crippen LogP) is 6.35. The minimum absolute atomic E-state index is 0.626. The summed E-state index contributed by atoms with van der Waals surface area (Å²) in [5.74, 6) is 0. The summed E-state index contributed by atoms with van der Waals surface area (Å²) < 4.78 is 4.38. The Balaban J connectivity index is 1.42. The number of allylic oxidation sites excluding steroid dienone is 6. The lowest BCUT2D eigenvalue weighted by Crippen LogP contribution is -2.34. The van der Waals surface area contributed by atoms with E-state index in [4.69, 9.17) is 0 Å². The number of pyridine rings is 2. The number of fused-ring (bicyclic) bond motifs is 2. The van der Waals surface area contributed by atoms with Gasteiger partial charge in [-0.25, -0.2) is 9.13 Å². The van der Waals surface area contributed by atoms with Crippen molar-refractivity contribution in [3.8, 4) is 0 Å². The van der Waals surface area contributed by atoms with Gasteiger partial charge in [0.15, 0.2) is 37.9 Å². The molecule has 2 aromatic carbocycles. The van der Waals surface area contributed by atoms with Crippen LogP contribution in [0.2, 0.25) is 0 Å². The normalized spacial score (nSPS) is 15.2. The topological polar surface area (TPSA) is 32.5 Å². The summed E-state index contributed by atoms with van der Waals surface area (Å²) in [6.45, 7) is 10.9. The Morgan fingerprint density at radius 1 is 0.500 bits per heavy atom. The average Bonchev–Trinajstić information content (AvgIpc) is 3.00. The van der Waals surface area contributed by atoms with Gasteiger partial charge in [0.05, 0.1) is 13.1 Å². The zero-order valence-corrected chi connectivity index (χ0v) is 22.7. The van der Waals surface area contributed by atoms with E-state index in [1.54, 1.807) is 0 Å². The first-order valence-corrected chi connectivity index (χ1v) is 13.5. The van der Waals surface area contributed by atoms with E-state index in [2.05, 4.69) is 130 Å². The van der Waals surface area contributed by atoms with E-state index >= 15 is 0 Å². The molecule has 196 valence electrons. The number of rotatable bonds is 2. The molecule has 0 amide bonds. The molecule has 0 saturated heterocycles. The van der Waals surface area contributed by atoms with Crippen LogP contribution in [0, 0.1) is 0 Å². The van der Waals surface area contributed by atoms with Gasteiger partial charge in [-0.3, -0.25) is 9.98 Å². The summed E-state index contributed by atoms with van der Waals surface area (Å²) in [5, 5.41) is 0. The summed E-state index contributed by atoms with van der Waals surface area (Å²) in [4.78, 5) is 9.20. The van der Waals surface area contributed by atoms with Crippen LogP contribution in [0.4, 0.5) is 0 Å². The van der Waals surface area contributed by atoms with Crippen LogP contribution in [0.3, 0.4) is 0 Å². The molecule has 6 aliphatic rings. The summed E-state index contributed by atoms with van der Waals surface area (Å²) >= 11 is 0. The highest BCUT2D eigenvalue weighted by atomic mass is 14.9. The first-order chi connectivity index (χ1) is 19.7. The van der Waals surface area contributed by atoms with E-state index in [1.807, 2.05) is 36.7 Å². The molecule has 0 N–H and O–H groups in total. The maximum Gasteiger partial charge on any atom is 0.173 e. The Kier molecular flexibility index (Phi) is 8.80. The monoisotopic (exact) mass is 522 g/mol. The molecule has 8 heterocycles. The van der Waals surface area contributed by atoms with Crippen LogP contribution in [0.15, 0.2) is 145 Å². The first-order valence-electron chi connectivity index (χ1n) is 13.5. The SMILES string of the molecule is C=CC1=CC=NCc2ccc(cc2)CN=C/C=C(\C=C)c2cc[n+](cc2)Cc2ccc(cc2)C[n+]2ccc1cc2. The van der Waals surface area contributed by atoms with Gasteiger partial charge in [0, 0.05) is 47.8 Å². The standard InChI is InChI=1S/C36H34N4/c1-3-33-13-19-37-25-29-5-7-30(8-6-29)26-38-20-14-34(4-2)36-17-23-40(24-18-36)28-32-11-9-31(10-12-32)27-39-21-15-35(33)16-22-39/h3-24H,1-2,25-28H2/q+2/b33-13+,34-14?,37-19?,38-20?. The van der Waals surface area contributed by atoms with Crippen molar-refractivity contribution in [1.29, 1.82) is 0 Å². The van der Waals surface area contributed by atoms with Gasteiger partial charge in [-0.2, -0.15) is 0 Å². The highest BCUT2D eigenvalue weighted by Crippen LogP contribution is 2.15. The molecular weight excluding hydrogens is 488 g/mol. The summed E-state index contributed by atoms with van der Waals surface area (Å²) in [7, 11) is 0. The number of aliphatic imine (C=N–C) groups is 2. The molecule has 8 bridgehead atoms. The Hall–Kier alpha value is -4.96. The maximum absolute atomic E-state index is 4.60. The van der Waals surface area contributed by atoms with Crippen molar-refractivity contribution in [2.45, 2.75) is 26.2 Å². The molecule has 4 heteroatoms. The van der Waals surface area contributed by atoms with Crippen LogP contribution in [0.1, 0.15) is 33.4 Å². The van der Waals surface area contributed by atoms with E-state index in [0.29, 0.717) is 13.1 Å². The van der Waals surface area contributed by atoms with Crippen LogP contribution in [-0.2, 0) is 26.2 Å². The fraction of sp³-hybridized carbons (Fsp3) is 0.111. The molecule has 6 aliphatic heterocycles. The highest BCUT2D eigenvalue weighted by Gasteiger charge is 2.08. The molecule has 0 atom stereocenters. The molecule has 0 radical (unpaired) electrons. The van der Waals surface area contributed by atoms with Gasteiger partial charge in [0.25, 0.3) is 0 Å². The predicted molar refractivity (Wildman–Crippen MR) is 165 cm³/mol. The average molecular weight is 523 g/mol. The van der Waals surface area contributed by atoms with Crippen molar-refractivity contribution in [2.24, 2.45) is 9.98 Å². The molecule has 0 saturated carbocycles. The van der Waals surface area contributed by atoms with Gasteiger partial charge in [-0.1, -0.05) is 73.8 Å². The maximum atomic E-state index is 4.60. The van der Waals surface area contributed by atoms with E-state index in [-0.39, 0.29) is 0 Å². The van der Waals surface area contributed by atoms with E-state index in [0.717, 1.165) is 46.5 Å². The first kappa shape index (κ1) is 26.6. The minimum Gasteiger partial charge on any atom is -0.288 e. The molecule has 0 aliphatic carbocycles. The minimum atomic E-state index is 0.626. The van der Waals surface area contributed by atoms with Gasteiger partial charge in [-0.15, -0.1) is 0 Å². The Morgan fingerprint density at radius 3 is 1.20 bits per heavy atom. The second-order valence-corrected chi connectivity index (χ2v) is 9.78. The van der Waals surface area contributed by atoms with E-state index in [1.165, 1.54) is 11.1 Å². The number of nitrogens with zero attached hydrogens (tertiary/aromatic N) is 4. The molecule has 2 aromatic heterocycles. The van der Waals surface area contributed by atoms with Crippen molar-refractivity contribution in [2.75, 3.05) is 0 Å². The number of benzene rings is 2. The van der Waals surface area contributed by atoms with Crippen molar-refractivity contribution in [3.05, 3.63) is 168 Å². The Labute approximate surface area is 237 Å². The van der Waals surface area contributed by atoms with Gasteiger partial charge in [0.2, 0.25) is 0 Å². The van der Waals surface area contributed by atoms with Crippen molar-refractivity contribution in [1.82, 2.24) is 0 Å². The molecule has 4 nitrogen and oxygen atoms in total. The Morgan fingerprint density at radius 2 is 0.850 bits per heavy atom. The number of hydrogen-bond donors (Lipinski definition) is 0. The quantitative estimate of drug-likeness (QED) is 0.275. The molecule has 40 heavy (non-hydrogen) atoms. The van der Waals surface area contributed by atoms with Crippen molar-refractivity contribution >= 4 is 23.6 Å². The van der Waals surface area contributed by atoms with Gasteiger partial charge < -0.3 is 0 Å². The third kappa shape index (κ3) is 7.12. The lowest BCUT2D eigenvalue weighted by Gasteiger charge is -2.04. The second kappa shape index (κ2) is 13.2. The lowest BCUT2D eigenvalue weighted by molar-refractivity contribution is -0.689. The van der Waals surface area contributed by atoms with Gasteiger partial charge in [-0.05, 0) is 45.6 Å². The molecule has 0 spiro atoms. The third-order valence-electron chi connectivity index (χ3n) is 6.93. The summed E-state index contributed by atoms with van der Waals surface area (Å²) in [6.07, 6.45) is 19.9. The van der Waals surface area contributed by atoms with Crippen LogP contribution in [-0.4, -0.2) is 12.4 Å². The fourth-order valence-corrected chi connectivity index (χ4v) is 4.58. The zero-order chi connectivity index (χ0) is 27.6. The summed E-state index contributed by atoms with van der Waals surface area (Å²) in [6, 6.07) is 25.8. The third-order valence-corrected chi connectivity index (χ3v) is 6.93. The van der Waals surface area contributed by atoms with Crippen molar-refractivity contribution < 1.29 is 9.13 Å². The Bertz CT molecular complexity index is 1450. The zero-order valence-electron chi connectivity index (χ0n) is 22.7. The fourth-order valence-electron chi connectivity index (χ4n) is 4.58. The molecule has 10 rings (SSSR count). The lowest BCUT2D eigenvalue weighted by atomic mass is 10.1. The van der Waals surface area contributed by atoms with Crippen LogP contribution < -0.4 is 9.13 Å². The van der Waals surface area contributed by atoms with Crippen LogP contribution >= 0.6 is 0 Å². The highest BCUT2D eigenvalue weighted by molar-refractivity contribution is 5.88. The van der Waals surface area contributed by atoms with Crippen LogP contribution in [0.5, 0.6) is 0 Å². The van der Waals surface area contributed by atoms with Crippen molar-refractivity contribution in [3.63, 3.8) is 0 Å². The molecule has 4 aromatic rings. The molecular formula is C36H34N4+2. The smallest absolute Gasteiger partial charge is 0.173 e.